The van der Waals surface area contributed by atoms with Crippen molar-refractivity contribution >= 4 is 81.0 Å². The van der Waals surface area contributed by atoms with E-state index in [0.717, 1.165) is 0 Å². The molecule has 13 heteroatoms. The van der Waals surface area contributed by atoms with Gasteiger partial charge in [-0.1, -0.05) is 52.5 Å². The van der Waals surface area contributed by atoms with E-state index in [0.29, 0.717) is 10.8 Å². The summed E-state index contributed by atoms with van der Waals surface area (Å²) >= 11 is 28.9. The van der Waals surface area contributed by atoms with Crippen molar-refractivity contribution in [3.05, 3.63) is 63.2 Å². The van der Waals surface area contributed by atoms with Gasteiger partial charge < -0.3 is 20.7 Å². The SMILES string of the molecule is COc1ccc(NC(=S)N[C@H](NC(=O)c2cccc(Cl)c2)C(Cl)(Cl)Cl)c([N+](=O)[O-])c1. The zero-order chi connectivity index (χ0) is 22.5. The number of carbonyl (C=O) groups excluding carboxylic acids is 1. The highest BCUT2D eigenvalue weighted by molar-refractivity contribution is 7.80. The number of ether oxygens (including phenoxy) is 1. The lowest BCUT2D eigenvalue weighted by atomic mass is 10.2. The molecule has 2 rings (SSSR count). The molecule has 30 heavy (non-hydrogen) atoms. The van der Waals surface area contributed by atoms with Crippen LogP contribution in [0.4, 0.5) is 11.4 Å². The fourth-order valence-corrected chi connectivity index (χ4v) is 2.97. The number of nitrogens with zero attached hydrogens (tertiary/aromatic N) is 1. The number of nitrogens with one attached hydrogen (secondary N) is 3. The first-order chi connectivity index (χ1) is 14.0. The summed E-state index contributed by atoms with van der Waals surface area (Å²) in [4.78, 5) is 23.1. The molecule has 8 nitrogen and oxygen atoms in total. The average Bonchev–Trinajstić information content (AvgIpc) is 2.66. The molecular weight excluding hydrogens is 498 g/mol. The van der Waals surface area contributed by atoms with Gasteiger partial charge in [-0.2, -0.15) is 0 Å². The summed E-state index contributed by atoms with van der Waals surface area (Å²) in [6, 6.07) is 10.3. The Morgan fingerprint density at radius 2 is 1.90 bits per heavy atom. The zero-order valence-electron chi connectivity index (χ0n) is 15.1. The first-order valence-electron chi connectivity index (χ1n) is 8.04. The molecular formula is C17H14Cl4N4O4S. The number of thiocarbonyl (C=S) groups is 1. The molecule has 0 aliphatic carbocycles. The van der Waals surface area contributed by atoms with Crippen molar-refractivity contribution in [2.24, 2.45) is 0 Å². The highest BCUT2D eigenvalue weighted by Crippen LogP contribution is 2.31. The second-order valence-corrected chi connectivity index (χ2v) is 8.91. The Morgan fingerprint density at radius 1 is 1.20 bits per heavy atom. The number of amides is 1. The number of halogens is 4. The van der Waals surface area contributed by atoms with Gasteiger partial charge in [-0.05, 0) is 42.5 Å². The van der Waals surface area contributed by atoms with Gasteiger partial charge in [0, 0.05) is 10.6 Å². The van der Waals surface area contributed by atoms with Crippen LogP contribution in [0.5, 0.6) is 5.75 Å². The van der Waals surface area contributed by atoms with Gasteiger partial charge >= 0.3 is 0 Å². The summed E-state index contributed by atoms with van der Waals surface area (Å²) in [5.74, 6) is -0.293. The molecule has 0 unspecified atom stereocenters. The molecule has 1 atom stereocenters. The number of carbonyl (C=O) groups is 1. The van der Waals surface area contributed by atoms with E-state index in [1.54, 1.807) is 12.1 Å². The lowest BCUT2D eigenvalue weighted by molar-refractivity contribution is -0.384. The second kappa shape index (κ2) is 10.3. The van der Waals surface area contributed by atoms with Crippen LogP contribution in [-0.4, -0.2) is 33.0 Å². The van der Waals surface area contributed by atoms with Crippen LogP contribution < -0.4 is 20.7 Å². The molecule has 0 bridgehead atoms. The highest BCUT2D eigenvalue weighted by Gasteiger charge is 2.35. The monoisotopic (exact) mass is 510 g/mol. The van der Waals surface area contributed by atoms with E-state index in [9.17, 15) is 14.9 Å². The maximum Gasteiger partial charge on any atom is 0.296 e. The first kappa shape index (κ1) is 24.2. The fourth-order valence-electron chi connectivity index (χ4n) is 2.23. The number of methoxy groups -OCH3 is 1. The number of hydrogen-bond donors (Lipinski definition) is 3. The molecule has 0 aromatic heterocycles. The quantitative estimate of drug-likeness (QED) is 0.170. The molecule has 1 amide bonds. The molecule has 3 N–H and O–H groups in total. The van der Waals surface area contributed by atoms with Crippen molar-refractivity contribution in [3.8, 4) is 5.75 Å². The van der Waals surface area contributed by atoms with E-state index in [2.05, 4.69) is 16.0 Å². The molecule has 0 aliphatic rings. The Hall–Kier alpha value is -2.04. The Bertz CT molecular complexity index is 971. The third-order valence-corrected chi connectivity index (χ3v) is 4.72. The Labute approximate surface area is 196 Å². The second-order valence-electron chi connectivity index (χ2n) is 5.70. The molecule has 0 saturated carbocycles. The number of nitro groups is 1. The Kier molecular flexibility index (Phi) is 8.34. The fraction of sp³-hybridized carbons (Fsp3) is 0.176. The number of anilines is 1. The van der Waals surface area contributed by atoms with E-state index >= 15 is 0 Å². The summed E-state index contributed by atoms with van der Waals surface area (Å²) in [5.41, 5.74) is 0.0163. The number of alkyl halides is 3. The molecule has 0 spiro atoms. The predicted octanol–water partition coefficient (Wildman–Crippen LogP) is 4.67. The highest BCUT2D eigenvalue weighted by atomic mass is 35.6. The minimum atomic E-state index is -2.01. The Morgan fingerprint density at radius 3 is 2.47 bits per heavy atom. The molecule has 0 fully saturated rings. The van der Waals surface area contributed by atoms with E-state index in [1.165, 1.54) is 37.4 Å². The van der Waals surface area contributed by atoms with Crippen molar-refractivity contribution in [1.82, 2.24) is 10.6 Å². The molecule has 2 aromatic carbocycles. The zero-order valence-corrected chi connectivity index (χ0v) is 19.0. The summed E-state index contributed by atoms with van der Waals surface area (Å²) in [6.45, 7) is 0. The minimum absolute atomic E-state index is 0.0718. The maximum atomic E-state index is 12.5. The lowest BCUT2D eigenvalue weighted by Crippen LogP contribution is -2.56. The van der Waals surface area contributed by atoms with Crippen LogP contribution in [0.25, 0.3) is 0 Å². The van der Waals surface area contributed by atoms with E-state index < -0.39 is 20.8 Å². The van der Waals surface area contributed by atoms with Crippen molar-refractivity contribution < 1.29 is 14.5 Å². The summed E-state index contributed by atoms with van der Waals surface area (Å²) in [6.07, 6.45) is -1.27. The molecule has 0 aliphatic heterocycles. The van der Waals surface area contributed by atoms with Crippen LogP contribution in [0, 0.1) is 10.1 Å². The molecule has 0 radical (unpaired) electrons. The van der Waals surface area contributed by atoms with Crippen molar-refractivity contribution in [2.45, 2.75) is 9.96 Å². The predicted molar refractivity (Wildman–Crippen MR) is 122 cm³/mol. The third-order valence-electron chi connectivity index (χ3n) is 3.61. The van der Waals surface area contributed by atoms with Crippen LogP contribution in [0.2, 0.25) is 5.02 Å². The molecule has 160 valence electrons. The van der Waals surface area contributed by atoms with Crippen LogP contribution >= 0.6 is 58.6 Å². The van der Waals surface area contributed by atoms with Crippen LogP contribution in [0.15, 0.2) is 42.5 Å². The van der Waals surface area contributed by atoms with Gasteiger partial charge in [-0.3, -0.25) is 14.9 Å². The van der Waals surface area contributed by atoms with Gasteiger partial charge in [0.15, 0.2) is 5.11 Å². The summed E-state index contributed by atoms with van der Waals surface area (Å²) in [7, 11) is 1.38. The molecule has 2 aromatic rings. The number of rotatable bonds is 6. The van der Waals surface area contributed by atoms with E-state index in [4.69, 9.17) is 63.4 Å². The smallest absolute Gasteiger partial charge is 0.296 e. The minimum Gasteiger partial charge on any atom is -0.496 e. The van der Waals surface area contributed by atoms with Gasteiger partial charge in [0.2, 0.25) is 3.79 Å². The Balaban J connectivity index is 2.16. The third kappa shape index (κ3) is 6.75. The van der Waals surface area contributed by atoms with Crippen LogP contribution in [0.1, 0.15) is 10.4 Å². The van der Waals surface area contributed by atoms with Crippen LogP contribution in [-0.2, 0) is 0 Å². The number of benzene rings is 2. The van der Waals surface area contributed by atoms with E-state index in [1.807, 2.05) is 0 Å². The normalized spacial score (nSPS) is 11.9. The standard InChI is InChI=1S/C17H14Cl4N4O4S/c1-29-11-5-6-12(13(8-11)25(27)28)22-16(30)24-15(17(19,20)21)23-14(26)9-3-2-4-10(18)7-9/h2-8,15H,1H3,(H,23,26)(H2,22,24,30)/t15-/m0/s1. The van der Waals surface area contributed by atoms with Gasteiger partial charge in [-0.25, -0.2) is 0 Å². The molecule has 0 heterocycles. The van der Waals surface area contributed by atoms with Crippen LogP contribution in [0.3, 0.4) is 0 Å². The average molecular weight is 512 g/mol. The first-order valence-corrected chi connectivity index (χ1v) is 9.96. The summed E-state index contributed by atoms with van der Waals surface area (Å²) < 4.78 is 2.97. The molecule has 0 saturated heterocycles. The van der Waals surface area contributed by atoms with Gasteiger partial charge in [-0.15, -0.1) is 0 Å². The van der Waals surface area contributed by atoms with Crippen molar-refractivity contribution in [1.29, 1.82) is 0 Å². The summed E-state index contributed by atoms with van der Waals surface area (Å²) in [5, 5.41) is 19.3. The van der Waals surface area contributed by atoms with Gasteiger partial charge in [0.1, 0.15) is 17.6 Å². The maximum absolute atomic E-state index is 12.5. The van der Waals surface area contributed by atoms with E-state index in [-0.39, 0.29) is 22.1 Å². The largest absolute Gasteiger partial charge is 0.496 e. The van der Waals surface area contributed by atoms with Gasteiger partial charge in [0.05, 0.1) is 18.1 Å². The topological polar surface area (TPSA) is 106 Å². The van der Waals surface area contributed by atoms with Gasteiger partial charge in [0.25, 0.3) is 11.6 Å². The number of nitro benzene ring substituents is 1. The van der Waals surface area contributed by atoms with Crippen molar-refractivity contribution in [2.75, 3.05) is 12.4 Å². The number of hydrogen-bond acceptors (Lipinski definition) is 5. The van der Waals surface area contributed by atoms with Crippen molar-refractivity contribution in [3.63, 3.8) is 0 Å². The lowest BCUT2D eigenvalue weighted by Gasteiger charge is -2.27.